The SMILES string of the molecule is CCCC(O)CNC(=O)[C@H](N)CC. The zero-order chi connectivity index (χ0) is 10.3. The van der Waals surface area contributed by atoms with Gasteiger partial charge in [0.1, 0.15) is 0 Å². The first kappa shape index (κ1) is 12.4. The summed E-state index contributed by atoms with van der Waals surface area (Å²) in [7, 11) is 0. The number of nitrogens with two attached hydrogens (primary N) is 1. The van der Waals surface area contributed by atoms with Crippen LogP contribution in [-0.4, -0.2) is 29.7 Å². The summed E-state index contributed by atoms with van der Waals surface area (Å²) >= 11 is 0. The van der Waals surface area contributed by atoms with Crippen LogP contribution in [0.1, 0.15) is 33.1 Å². The molecule has 0 fully saturated rings. The lowest BCUT2D eigenvalue weighted by Gasteiger charge is -2.13. The molecule has 0 heterocycles. The zero-order valence-electron chi connectivity index (χ0n) is 8.42. The van der Waals surface area contributed by atoms with Crippen LogP contribution in [0.4, 0.5) is 0 Å². The Hall–Kier alpha value is -0.610. The fraction of sp³-hybridized carbons (Fsp3) is 0.889. The Balaban J connectivity index is 3.57. The van der Waals surface area contributed by atoms with Crippen molar-refractivity contribution in [2.24, 2.45) is 5.73 Å². The van der Waals surface area contributed by atoms with Gasteiger partial charge in [0.2, 0.25) is 5.91 Å². The number of hydrogen-bond acceptors (Lipinski definition) is 3. The van der Waals surface area contributed by atoms with Crippen LogP contribution in [0.5, 0.6) is 0 Å². The van der Waals surface area contributed by atoms with Gasteiger partial charge in [-0.05, 0) is 12.8 Å². The molecule has 0 aromatic carbocycles. The van der Waals surface area contributed by atoms with Crippen LogP contribution in [0.25, 0.3) is 0 Å². The van der Waals surface area contributed by atoms with Gasteiger partial charge in [-0.25, -0.2) is 0 Å². The Labute approximate surface area is 79.5 Å². The molecule has 4 nitrogen and oxygen atoms in total. The maximum atomic E-state index is 11.1. The van der Waals surface area contributed by atoms with Gasteiger partial charge in [-0.1, -0.05) is 20.3 Å². The highest BCUT2D eigenvalue weighted by molar-refractivity contribution is 5.81. The molecule has 0 radical (unpaired) electrons. The van der Waals surface area contributed by atoms with Crippen molar-refractivity contribution >= 4 is 5.91 Å². The lowest BCUT2D eigenvalue weighted by Crippen LogP contribution is -2.43. The number of rotatable bonds is 6. The quantitative estimate of drug-likeness (QED) is 0.549. The fourth-order valence-corrected chi connectivity index (χ4v) is 0.970. The molecule has 78 valence electrons. The Kier molecular flexibility index (Phi) is 6.54. The highest BCUT2D eigenvalue weighted by atomic mass is 16.3. The molecular formula is C9H20N2O2. The van der Waals surface area contributed by atoms with Crippen molar-refractivity contribution in [3.05, 3.63) is 0 Å². The van der Waals surface area contributed by atoms with Gasteiger partial charge < -0.3 is 16.2 Å². The van der Waals surface area contributed by atoms with E-state index in [-0.39, 0.29) is 5.91 Å². The van der Waals surface area contributed by atoms with Crippen molar-refractivity contribution in [2.75, 3.05) is 6.54 Å². The van der Waals surface area contributed by atoms with E-state index in [1.807, 2.05) is 13.8 Å². The number of carbonyl (C=O) groups is 1. The van der Waals surface area contributed by atoms with Crippen LogP contribution < -0.4 is 11.1 Å². The van der Waals surface area contributed by atoms with Crippen molar-refractivity contribution in [2.45, 2.75) is 45.3 Å². The van der Waals surface area contributed by atoms with Gasteiger partial charge >= 0.3 is 0 Å². The van der Waals surface area contributed by atoms with E-state index < -0.39 is 12.1 Å². The van der Waals surface area contributed by atoms with E-state index in [0.29, 0.717) is 19.4 Å². The van der Waals surface area contributed by atoms with Crippen molar-refractivity contribution in [3.8, 4) is 0 Å². The predicted molar refractivity (Wildman–Crippen MR) is 52.2 cm³/mol. The number of aliphatic hydroxyl groups excluding tert-OH is 1. The largest absolute Gasteiger partial charge is 0.391 e. The third-order valence-corrected chi connectivity index (χ3v) is 1.91. The summed E-state index contributed by atoms with van der Waals surface area (Å²) in [5.41, 5.74) is 5.48. The molecule has 0 bridgehead atoms. The maximum absolute atomic E-state index is 11.1. The first-order valence-corrected chi connectivity index (χ1v) is 4.83. The molecule has 0 spiro atoms. The highest BCUT2D eigenvalue weighted by Gasteiger charge is 2.11. The van der Waals surface area contributed by atoms with Gasteiger partial charge in [-0.3, -0.25) is 4.79 Å². The summed E-state index contributed by atoms with van der Waals surface area (Å²) in [4.78, 5) is 11.1. The Morgan fingerprint density at radius 1 is 1.54 bits per heavy atom. The summed E-state index contributed by atoms with van der Waals surface area (Å²) in [6.45, 7) is 4.15. The molecule has 0 saturated carbocycles. The summed E-state index contributed by atoms with van der Waals surface area (Å²) in [6.07, 6.45) is 1.80. The summed E-state index contributed by atoms with van der Waals surface area (Å²) in [5.74, 6) is -0.183. The van der Waals surface area contributed by atoms with Crippen molar-refractivity contribution < 1.29 is 9.90 Å². The van der Waals surface area contributed by atoms with Crippen LogP contribution in [0, 0.1) is 0 Å². The smallest absolute Gasteiger partial charge is 0.236 e. The van der Waals surface area contributed by atoms with Gasteiger partial charge in [-0.2, -0.15) is 0 Å². The number of hydrogen-bond donors (Lipinski definition) is 3. The Bertz CT molecular complexity index is 151. The molecule has 4 N–H and O–H groups in total. The standard InChI is InChI=1S/C9H20N2O2/c1-3-5-7(12)6-11-9(13)8(10)4-2/h7-8,12H,3-6,10H2,1-2H3,(H,11,13)/t7?,8-/m1/s1. The van der Waals surface area contributed by atoms with E-state index >= 15 is 0 Å². The molecule has 0 rings (SSSR count). The van der Waals surface area contributed by atoms with Crippen molar-refractivity contribution in [1.29, 1.82) is 0 Å². The molecule has 0 saturated heterocycles. The zero-order valence-corrected chi connectivity index (χ0v) is 8.42. The van der Waals surface area contributed by atoms with Crippen LogP contribution in [0.2, 0.25) is 0 Å². The number of carbonyl (C=O) groups excluding carboxylic acids is 1. The first-order valence-electron chi connectivity index (χ1n) is 4.83. The summed E-state index contributed by atoms with van der Waals surface area (Å²) < 4.78 is 0. The third kappa shape index (κ3) is 5.60. The van der Waals surface area contributed by atoms with Crippen molar-refractivity contribution in [1.82, 2.24) is 5.32 Å². The molecule has 2 atom stereocenters. The lowest BCUT2D eigenvalue weighted by atomic mass is 10.2. The van der Waals surface area contributed by atoms with E-state index in [1.165, 1.54) is 0 Å². The molecule has 0 aromatic rings. The van der Waals surface area contributed by atoms with Crippen LogP contribution in [-0.2, 0) is 4.79 Å². The molecule has 1 unspecified atom stereocenters. The molecule has 0 aliphatic heterocycles. The van der Waals surface area contributed by atoms with Gasteiger partial charge in [0.25, 0.3) is 0 Å². The minimum atomic E-state index is -0.450. The van der Waals surface area contributed by atoms with Crippen LogP contribution in [0.3, 0.4) is 0 Å². The second-order valence-electron chi connectivity index (χ2n) is 3.20. The van der Waals surface area contributed by atoms with E-state index in [4.69, 9.17) is 5.73 Å². The van der Waals surface area contributed by atoms with Gasteiger partial charge in [-0.15, -0.1) is 0 Å². The summed E-state index contributed by atoms with van der Waals surface area (Å²) in [5, 5.41) is 11.9. The topological polar surface area (TPSA) is 75.3 Å². The normalized spacial score (nSPS) is 15.1. The third-order valence-electron chi connectivity index (χ3n) is 1.91. The van der Waals surface area contributed by atoms with E-state index in [2.05, 4.69) is 5.32 Å². The van der Waals surface area contributed by atoms with E-state index in [9.17, 15) is 9.90 Å². The molecule has 0 aliphatic carbocycles. The van der Waals surface area contributed by atoms with Crippen molar-refractivity contribution in [3.63, 3.8) is 0 Å². The monoisotopic (exact) mass is 188 g/mol. The Morgan fingerprint density at radius 3 is 2.62 bits per heavy atom. The molecule has 4 heteroatoms. The van der Waals surface area contributed by atoms with E-state index in [1.54, 1.807) is 0 Å². The van der Waals surface area contributed by atoms with Gasteiger partial charge in [0.15, 0.2) is 0 Å². The average Bonchev–Trinajstić information content (AvgIpc) is 2.13. The second kappa shape index (κ2) is 6.86. The minimum absolute atomic E-state index is 0.183. The van der Waals surface area contributed by atoms with Gasteiger partial charge in [0, 0.05) is 6.54 Å². The molecule has 0 aromatic heterocycles. The number of aliphatic hydroxyl groups is 1. The molecule has 1 amide bonds. The summed E-state index contributed by atoms with van der Waals surface area (Å²) in [6, 6.07) is -0.450. The Morgan fingerprint density at radius 2 is 2.15 bits per heavy atom. The van der Waals surface area contributed by atoms with Crippen LogP contribution >= 0.6 is 0 Å². The maximum Gasteiger partial charge on any atom is 0.236 e. The van der Waals surface area contributed by atoms with Gasteiger partial charge in [0.05, 0.1) is 12.1 Å². The molecular weight excluding hydrogens is 168 g/mol. The number of nitrogens with one attached hydrogen (secondary N) is 1. The average molecular weight is 188 g/mol. The first-order chi connectivity index (χ1) is 6.11. The minimum Gasteiger partial charge on any atom is -0.391 e. The van der Waals surface area contributed by atoms with E-state index in [0.717, 1.165) is 6.42 Å². The number of amides is 1. The second-order valence-corrected chi connectivity index (χ2v) is 3.20. The van der Waals surface area contributed by atoms with Crippen LogP contribution in [0.15, 0.2) is 0 Å². The fourth-order valence-electron chi connectivity index (χ4n) is 0.970. The molecule has 0 aliphatic rings. The lowest BCUT2D eigenvalue weighted by molar-refractivity contribution is -0.122. The molecule has 13 heavy (non-hydrogen) atoms. The predicted octanol–water partition coefficient (Wildman–Crippen LogP) is 0.000900. The highest BCUT2D eigenvalue weighted by Crippen LogP contribution is 1.94.